The molecule has 4 nitrogen and oxygen atoms in total. The third-order valence-electron chi connectivity index (χ3n) is 3.83. The normalized spacial score (nSPS) is 21.0. The summed E-state index contributed by atoms with van der Waals surface area (Å²) in [5.41, 5.74) is 6.37. The van der Waals surface area contributed by atoms with Crippen molar-refractivity contribution < 1.29 is 9.18 Å². The number of carbonyl (C=O) groups is 1. The molecule has 1 amide bonds. The first-order chi connectivity index (χ1) is 9.45. The van der Waals surface area contributed by atoms with Gasteiger partial charge in [0, 0.05) is 19.5 Å². The average Bonchev–Trinajstić information content (AvgIpc) is 3.06. The molecule has 5 heteroatoms. The van der Waals surface area contributed by atoms with Gasteiger partial charge in [0.15, 0.2) is 0 Å². The van der Waals surface area contributed by atoms with Crippen LogP contribution < -0.4 is 11.1 Å². The Balaban J connectivity index is 1.74. The van der Waals surface area contributed by atoms with E-state index in [0.29, 0.717) is 12.1 Å². The van der Waals surface area contributed by atoms with Crippen molar-refractivity contribution in [3.05, 3.63) is 24.0 Å². The lowest BCUT2D eigenvalue weighted by Gasteiger charge is -2.16. The van der Waals surface area contributed by atoms with Crippen LogP contribution in [0.2, 0.25) is 0 Å². The first-order valence-corrected chi connectivity index (χ1v) is 6.99. The molecule has 0 radical (unpaired) electrons. The summed E-state index contributed by atoms with van der Waals surface area (Å²) < 4.78 is 12.9. The van der Waals surface area contributed by atoms with Gasteiger partial charge in [-0.3, -0.25) is 4.79 Å². The lowest BCUT2D eigenvalue weighted by molar-refractivity contribution is -0.116. The lowest BCUT2D eigenvalue weighted by Crippen LogP contribution is -2.26. The van der Waals surface area contributed by atoms with Crippen LogP contribution >= 0.6 is 0 Å². The number of nitrogens with two attached hydrogens (primary N) is 1. The van der Waals surface area contributed by atoms with Gasteiger partial charge >= 0.3 is 0 Å². The highest BCUT2D eigenvalue weighted by atomic mass is 19.1. The van der Waals surface area contributed by atoms with Gasteiger partial charge in [-0.2, -0.15) is 0 Å². The van der Waals surface area contributed by atoms with Gasteiger partial charge in [-0.25, -0.2) is 4.39 Å². The van der Waals surface area contributed by atoms with Crippen LogP contribution in [0.3, 0.4) is 0 Å². The topological polar surface area (TPSA) is 58.4 Å². The predicted octanol–water partition coefficient (Wildman–Crippen LogP) is 2.32. The number of hydrogen-bond acceptors (Lipinski definition) is 3. The van der Waals surface area contributed by atoms with Crippen molar-refractivity contribution in [3.63, 3.8) is 0 Å². The summed E-state index contributed by atoms with van der Waals surface area (Å²) in [6.07, 6.45) is 1.71. The molecule has 3 N–H and O–H groups in total. The van der Waals surface area contributed by atoms with Crippen molar-refractivity contribution in [2.75, 3.05) is 31.2 Å². The lowest BCUT2D eigenvalue weighted by atomic mass is 10.2. The van der Waals surface area contributed by atoms with Crippen LogP contribution in [-0.4, -0.2) is 30.9 Å². The highest BCUT2D eigenvalue weighted by molar-refractivity contribution is 5.93. The Bertz CT molecular complexity index is 492. The number of amides is 1. The second-order valence-electron chi connectivity index (χ2n) is 5.77. The molecule has 0 heterocycles. The first-order valence-electron chi connectivity index (χ1n) is 6.99. The number of anilines is 2. The maximum absolute atomic E-state index is 12.9. The van der Waals surface area contributed by atoms with E-state index in [0.717, 1.165) is 24.9 Å². The Kier molecular flexibility index (Phi) is 4.60. The van der Waals surface area contributed by atoms with Crippen molar-refractivity contribution in [1.29, 1.82) is 0 Å². The Hall–Kier alpha value is -1.62. The van der Waals surface area contributed by atoms with Gasteiger partial charge < -0.3 is 16.0 Å². The summed E-state index contributed by atoms with van der Waals surface area (Å²) in [6, 6.07) is 3.97. The van der Waals surface area contributed by atoms with Crippen LogP contribution in [0.5, 0.6) is 0 Å². The number of halogens is 1. The summed E-state index contributed by atoms with van der Waals surface area (Å²) in [5.74, 6) is 1.11. The van der Waals surface area contributed by atoms with E-state index in [-0.39, 0.29) is 11.6 Å². The molecule has 1 aromatic carbocycles. The van der Waals surface area contributed by atoms with E-state index in [1.165, 1.54) is 24.6 Å². The quantitative estimate of drug-likeness (QED) is 0.786. The zero-order valence-corrected chi connectivity index (χ0v) is 12.0. The molecule has 20 heavy (non-hydrogen) atoms. The number of nitrogen functional groups attached to an aromatic ring is 1. The minimum absolute atomic E-state index is 0.0981. The molecule has 0 aliphatic heterocycles. The standard InChI is InChI=1S/C15H22FN3O/c1-10-7-11(10)9-19(2)6-5-15(20)18-14-4-3-12(16)8-13(14)17/h3-4,8,10-11H,5-7,9,17H2,1-2H3,(H,18,20). The molecule has 0 bridgehead atoms. The molecule has 1 saturated carbocycles. The van der Waals surface area contributed by atoms with Crippen LogP contribution in [-0.2, 0) is 4.79 Å². The summed E-state index contributed by atoms with van der Waals surface area (Å²) in [7, 11) is 2.03. The van der Waals surface area contributed by atoms with Gasteiger partial charge in [0.2, 0.25) is 5.91 Å². The maximum atomic E-state index is 12.9. The Morgan fingerprint density at radius 3 is 2.85 bits per heavy atom. The zero-order chi connectivity index (χ0) is 14.7. The van der Waals surface area contributed by atoms with E-state index in [1.807, 2.05) is 7.05 Å². The van der Waals surface area contributed by atoms with E-state index in [9.17, 15) is 9.18 Å². The zero-order valence-electron chi connectivity index (χ0n) is 12.0. The number of nitrogens with one attached hydrogen (secondary N) is 1. The Morgan fingerprint density at radius 2 is 2.25 bits per heavy atom. The number of benzene rings is 1. The minimum Gasteiger partial charge on any atom is -0.397 e. The largest absolute Gasteiger partial charge is 0.397 e. The van der Waals surface area contributed by atoms with Gasteiger partial charge in [0.1, 0.15) is 5.82 Å². The summed E-state index contributed by atoms with van der Waals surface area (Å²) in [4.78, 5) is 14.0. The fourth-order valence-electron chi connectivity index (χ4n) is 2.30. The van der Waals surface area contributed by atoms with Crippen molar-refractivity contribution in [2.45, 2.75) is 19.8 Å². The number of hydrogen-bond donors (Lipinski definition) is 2. The molecule has 2 atom stereocenters. The second kappa shape index (κ2) is 6.22. The van der Waals surface area contributed by atoms with Gasteiger partial charge in [-0.15, -0.1) is 0 Å². The van der Waals surface area contributed by atoms with E-state index in [1.54, 1.807) is 0 Å². The third kappa shape index (κ3) is 4.20. The van der Waals surface area contributed by atoms with Crippen molar-refractivity contribution in [1.82, 2.24) is 4.90 Å². The summed E-state index contributed by atoms with van der Waals surface area (Å²) in [6.45, 7) is 4.02. The molecule has 2 rings (SSSR count). The number of nitrogens with zero attached hydrogens (tertiary/aromatic N) is 1. The molecular weight excluding hydrogens is 257 g/mol. The molecule has 1 aliphatic rings. The fourth-order valence-corrected chi connectivity index (χ4v) is 2.30. The molecule has 110 valence electrons. The van der Waals surface area contributed by atoms with Crippen LogP contribution in [0.4, 0.5) is 15.8 Å². The molecule has 0 aromatic heterocycles. The third-order valence-corrected chi connectivity index (χ3v) is 3.83. The fraction of sp³-hybridized carbons (Fsp3) is 0.533. The molecule has 0 saturated heterocycles. The minimum atomic E-state index is -0.404. The molecule has 0 spiro atoms. The molecule has 1 fully saturated rings. The Morgan fingerprint density at radius 1 is 1.55 bits per heavy atom. The van der Waals surface area contributed by atoms with E-state index >= 15 is 0 Å². The van der Waals surface area contributed by atoms with E-state index in [4.69, 9.17) is 5.73 Å². The highest BCUT2D eigenvalue weighted by Gasteiger charge is 2.32. The first kappa shape index (κ1) is 14.8. The second-order valence-corrected chi connectivity index (χ2v) is 5.77. The average molecular weight is 279 g/mol. The highest BCUT2D eigenvalue weighted by Crippen LogP contribution is 2.37. The summed E-state index contributed by atoms with van der Waals surface area (Å²) in [5, 5.41) is 2.71. The number of rotatable bonds is 6. The summed E-state index contributed by atoms with van der Waals surface area (Å²) >= 11 is 0. The van der Waals surface area contributed by atoms with Crippen LogP contribution in [0, 0.1) is 17.7 Å². The molecular formula is C15H22FN3O. The van der Waals surface area contributed by atoms with Crippen LogP contribution in [0.25, 0.3) is 0 Å². The van der Waals surface area contributed by atoms with Crippen molar-refractivity contribution in [2.24, 2.45) is 11.8 Å². The van der Waals surface area contributed by atoms with Gasteiger partial charge in [0.25, 0.3) is 0 Å². The van der Waals surface area contributed by atoms with E-state index < -0.39 is 5.82 Å². The van der Waals surface area contributed by atoms with Crippen LogP contribution in [0.1, 0.15) is 19.8 Å². The maximum Gasteiger partial charge on any atom is 0.225 e. The van der Waals surface area contributed by atoms with Crippen LogP contribution in [0.15, 0.2) is 18.2 Å². The van der Waals surface area contributed by atoms with Crippen molar-refractivity contribution >= 4 is 17.3 Å². The smallest absolute Gasteiger partial charge is 0.225 e. The van der Waals surface area contributed by atoms with Gasteiger partial charge in [-0.1, -0.05) is 6.92 Å². The molecule has 1 aromatic rings. The van der Waals surface area contributed by atoms with E-state index in [2.05, 4.69) is 17.1 Å². The number of carbonyl (C=O) groups excluding carboxylic acids is 1. The van der Waals surface area contributed by atoms with Gasteiger partial charge in [0.05, 0.1) is 11.4 Å². The van der Waals surface area contributed by atoms with Gasteiger partial charge in [-0.05, 0) is 43.5 Å². The van der Waals surface area contributed by atoms with Crippen molar-refractivity contribution in [3.8, 4) is 0 Å². The Labute approximate surface area is 119 Å². The molecule has 1 aliphatic carbocycles. The monoisotopic (exact) mass is 279 g/mol. The molecule has 2 unspecified atom stereocenters. The predicted molar refractivity (Wildman–Crippen MR) is 78.8 cm³/mol. The SMILES string of the molecule is CC1CC1CN(C)CCC(=O)Nc1ccc(F)cc1N.